The highest BCUT2D eigenvalue weighted by Crippen LogP contribution is 1.99. The summed E-state index contributed by atoms with van der Waals surface area (Å²) in [6.07, 6.45) is -0.0200. The standard InChI is InChI=1S/C10H19NO4S/c1-4-11(5-2)10(13)8-16(14,15)7-6-9(3)12/h4-8H2,1-3H3. The zero-order valence-corrected chi connectivity index (χ0v) is 10.8. The zero-order valence-electron chi connectivity index (χ0n) is 10.0. The van der Waals surface area contributed by atoms with Crippen LogP contribution in [0.5, 0.6) is 0 Å². The lowest BCUT2D eigenvalue weighted by atomic mass is 10.4. The van der Waals surface area contributed by atoms with Crippen molar-refractivity contribution in [2.24, 2.45) is 0 Å². The molecule has 0 unspecified atom stereocenters. The molecule has 5 nitrogen and oxygen atoms in total. The Kier molecular flexibility index (Phi) is 6.25. The van der Waals surface area contributed by atoms with Crippen molar-refractivity contribution in [2.45, 2.75) is 27.2 Å². The van der Waals surface area contributed by atoms with Gasteiger partial charge in [-0.25, -0.2) is 8.42 Å². The first-order valence-electron chi connectivity index (χ1n) is 5.30. The van der Waals surface area contributed by atoms with Crippen molar-refractivity contribution < 1.29 is 18.0 Å². The third-order valence-electron chi connectivity index (χ3n) is 2.22. The summed E-state index contributed by atoms with van der Waals surface area (Å²) in [7, 11) is -3.45. The molecule has 0 aliphatic rings. The maximum absolute atomic E-state index is 11.5. The molecule has 0 heterocycles. The SMILES string of the molecule is CCN(CC)C(=O)CS(=O)(=O)CCC(C)=O. The molecule has 0 radical (unpaired) electrons. The number of amides is 1. The summed E-state index contributed by atoms with van der Waals surface area (Å²) >= 11 is 0. The van der Waals surface area contributed by atoms with Gasteiger partial charge in [0, 0.05) is 19.5 Å². The summed E-state index contributed by atoms with van der Waals surface area (Å²) < 4.78 is 23.0. The number of carbonyl (C=O) groups excluding carboxylic acids is 2. The molecule has 6 heteroatoms. The maximum atomic E-state index is 11.5. The van der Waals surface area contributed by atoms with Crippen LogP contribution in [0.1, 0.15) is 27.2 Å². The normalized spacial score (nSPS) is 11.2. The lowest BCUT2D eigenvalue weighted by Gasteiger charge is -2.18. The molecule has 94 valence electrons. The molecular formula is C10H19NO4S. The molecule has 0 fully saturated rings. The van der Waals surface area contributed by atoms with Crippen LogP contribution < -0.4 is 0 Å². The van der Waals surface area contributed by atoms with Gasteiger partial charge in [0.25, 0.3) is 0 Å². The Morgan fingerprint density at radius 2 is 1.62 bits per heavy atom. The molecule has 0 aromatic rings. The molecule has 0 saturated heterocycles. The topological polar surface area (TPSA) is 71.5 Å². The van der Waals surface area contributed by atoms with E-state index in [1.807, 2.05) is 0 Å². The molecule has 0 atom stereocenters. The van der Waals surface area contributed by atoms with Crippen molar-refractivity contribution in [3.63, 3.8) is 0 Å². The largest absolute Gasteiger partial charge is 0.342 e. The fourth-order valence-corrected chi connectivity index (χ4v) is 2.53. The highest BCUT2D eigenvalue weighted by molar-refractivity contribution is 7.92. The van der Waals surface area contributed by atoms with Gasteiger partial charge in [0.15, 0.2) is 9.84 Å². The van der Waals surface area contributed by atoms with Gasteiger partial charge in [0.2, 0.25) is 5.91 Å². The van der Waals surface area contributed by atoms with E-state index in [0.29, 0.717) is 13.1 Å². The van der Waals surface area contributed by atoms with Crippen LogP contribution in [0.4, 0.5) is 0 Å². The molecule has 0 aliphatic carbocycles. The van der Waals surface area contributed by atoms with E-state index < -0.39 is 21.5 Å². The smallest absolute Gasteiger partial charge is 0.237 e. The van der Waals surface area contributed by atoms with Gasteiger partial charge in [-0.15, -0.1) is 0 Å². The minimum Gasteiger partial charge on any atom is -0.342 e. The van der Waals surface area contributed by atoms with Crippen molar-refractivity contribution in [2.75, 3.05) is 24.6 Å². The van der Waals surface area contributed by atoms with Crippen LogP contribution in [0.25, 0.3) is 0 Å². The number of carbonyl (C=O) groups is 2. The number of hydrogen-bond donors (Lipinski definition) is 0. The van der Waals surface area contributed by atoms with Gasteiger partial charge in [0.05, 0.1) is 5.75 Å². The van der Waals surface area contributed by atoms with Gasteiger partial charge < -0.3 is 4.90 Å². The van der Waals surface area contributed by atoms with E-state index in [9.17, 15) is 18.0 Å². The van der Waals surface area contributed by atoms with Gasteiger partial charge in [-0.1, -0.05) is 0 Å². The van der Waals surface area contributed by atoms with E-state index in [4.69, 9.17) is 0 Å². The molecule has 1 amide bonds. The lowest BCUT2D eigenvalue weighted by molar-refractivity contribution is -0.128. The number of Topliss-reactive ketones (excluding diaryl/α,β-unsaturated/α-hetero) is 1. The molecule has 0 aliphatic heterocycles. The zero-order chi connectivity index (χ0) is 12.8. The summed E-state index contributed by atoms with van der Waals surface area (Å²) in [5.74, 6) is -1.32. The fourth-order valence-electron chi connectivity index (χ4n) is 1.23. The Morgan fingerprint density at radius 3 is 2.00 bits per heavy atom. The highest BCUT2D eigenvalue weighted by Gasteiger charge is 2.20. The monoisotopic (exact) mass is 249 g/mol. The van der Waals surface area contributed by atoms with E-state index >= 15 is 0 Å². The van der Waals surface area contributed by atoms with Gasteiger partial charge in [0.1, 0.15) is 11.5 Å². The molecule has 0 rings (SSSR count). The Morgan fingerprint density at radius 1 is 1.12 bits per heavy atom. The lowest BCUT2D eigenvalue weighted by Crippen LogP contribution is -2.36. The van der Waals surface area contributed by atoms with Gasteiger partial charge in [-0.3, -0.25) is 9.59 Å². The van der Waals surface area contributed by atoms with Crippen molar-refractivity contribution in [3.8, 4) is 0 Å². The highest BCUT2D eigenvalue weighted by atomic mass is 32.2. The Balaban J connectivity index is 4.36. The first kappa shape index (κ1) is 15.1. The van der Waals surface area contributed by atoms with E-state index in [1.54, 1.807) is 13.8 Å². The van der Waals surface area contributed by atoms with Gasteiger partial charge in [-0.2, -0.15) is 0 Å². The van der Waals surface area contributed by atoms with Crippen LogP contribution in [0, 0.1) is 0 Å². The summed E-state index contributed by atoms with van der Waals surface area (Å²) in [5.41, 5.74) is 0. The summed E-state index contributed by atoms with van der Waals surface area (Å²) in [6, 6.07) is 0. The van der Waals surface area contributed by atoms with Crippen LogP contribution in [0.2, 0.25) is 0 Å². The second-order valence-electron chi connectivity index (χ2n) is 3.61. The Hall–Kier alpha value is -0.910. The summed E-state index contributed by atoms with van der Waals surface area (Å²) in [5, 5.41) is 0. The summed E-state index contributed by atoms with van der Waals surface area (Å²) in [4.78, 5) is 23.7. The molecule has 16 heavy (non-hydrogen) atoms. The predicted octanol–water partition coefficient (Wildman–Crippen LogP) is 0.249. The quantitative estimate of drug-likeness (QED) is 0.648. The minimum absolute atomic E-state index is 0.0200. The Bertz CT molecular complexity index is 344. The average Bonchev–Trinajstić information content (AvgIpc) is 2.16. The van der Waals surface area contributed by atoms with Crippen molar-refractivity contribution in [1.29, 1.82) is 0 Å². The number of rotatable bonds is 7. The van der Waals surface area contributed by atoms with Crippen LogP contribution >= 0.6 is 0 Å². The molecule has 0 saturated carbocycles. The van der Waals surface area contributed by atoms with E-state index in [1.165, 1.54) is 11.8 Å². The van der Waals surface area contributed by atoms with Crippen LogP contribution in [0.15, 0.2) is 0 Å². The minimum atomic E-state index is -3.45. The van der Waals surface area contributed by atoms with E-state index in [2.05, 4.69) is 0 Å². The second kappa shape index (κ2) is 6.62. The maximum Gasteiger partial charge on any atom is 0.237 e. The van der Waals surface area contributed by atoms with Gasteiger partial charge in [-0.05, 0) is 20.8 Å². The van der Waals surface area contributed by atoms with Crippen molar-refractivity contribution >= 4 is 21.5 Å². The van der Waals surface area contributed by atoms with Crippen molar-refractivity contribution in [3.05, 3.63) is 0 Å². The van der Waals surface area contributed by atoms with Crippen LogP contribution in [-0.4, -0.2) is 49.6 Å². The fraction of sp³-hybridized carbons (Fsp3) is 0.800. The number of hydrogen-bond acceptors (Lipinski definition) is 4. The number of sulfone groups is 1. The predicted molar refractivity (Wildman–Crippen MR) is 61.9 cm³/mol. The number of ketones is 1. The first-order chi connectivity index (χ1) is 7.32. The third-order valence-corrected chi connectivity index (χ3v) is 3.74. The first-order valence-corrected chi connectivity index (χ1v) is 7.12. The summed E-state index contributed by atoms with van der Waals surface area (Å²) in [6.45, 7) is 5.92. The molecule has 0 aromatic heterocycles. The molecule has 0 N–H and O–H groups in total. The average molecular weight is 249 g/mol. The number of nitrogens with zero attached hydrogens (tertiary/aromatic N) is 1. The van der Waals surface area contributed by atoms with Crippen LogP contribution in [0.3, 0.4) is 0 Å². The van der Waals surface area contributed by atoms with E-state index in [-0.39, 0.29) is 18.0 Å². The van der Waals surface area contributed by atoms with E-state index in [0.717, 1.165) is 0 Å². The van der Waals surface area contributed by atoms with Crippen molar-refractivity contribution in [1.82, 2.24) is 4.90 Å². The molecule has 0 spiro atoms. The molecular weight excluding hydrogens is 230 g/mol. The van der Waals surface area contributed by atoms with Crippen LogP contribution in [-0.2, 0) is 19.4 Å². The molecule has 0 aromatic carbocycles. The second-order valence-corrected chi connectivity index (χ2v) is 5.79. The molecule has 0 bridgehead atoms. The van der Waals surface area contributed by atoms with Gasteiger partial charge >= 0.3 is 0 Å². The third kappa shape index (κ3) is 5.85. The Labute approximate surface area is 96.7 Å².